The molecule has 0 aliphatic carbocycles. The van der Waals surface area contributed by atoms with Crippen molar-refractivity contribution in [3.05, 3.63) is 65.5 Å². The average molecular weight is 493 g/mol. The maximum Gasteiger partial charge on any atom is 0.293 e. The molecule has 12 heteroatoms. The first-order valence-electron chi connectivity index (χ1n) is 9.99. The fourth-order valence-electron chi connectivity index (χ4n) is 3.02. The molecule has 10 nitrogen and oxygen atoms in total. The monoisotopic (exact) mass is 493 g/mol. The zero-order valence-electron chi connectivity index (χ0n) is 17.7. The average Bonchev–Trinajstić information content (AvgIpc) is 3.24. The van der Waals surface area contributed by atoms with Crippen LogP contribution >= 0.6 is 19.6 Å². The second-order valence-corrected chi connectivity index (χ2v) is 9.43. The fourth-order valence-corrected chi connectivity index (χ4v) is 4.09. The second kappa shape index (κ2) is 12.0. The summed E-state index contributed by atoms with van der Waals surface area (Å²) in [4.78, 5) is 29.7. The molecule has 0 aliphatic heterocycles. The van der Waals surface area contributed by atoms with E-state index in [1.165, 1.54) is 16.3 Å². The van der Waals surface area contributed by atoms with Crippen molar-refractivity contribution < 1.29 is 37.5 Å². The molecule has 2 aromatic heterocycles. The summed E-state index contributed by atoms with van der Waals surface area (Å²) >= 11 is 1.73. The van der Waals surface area contributed by atoms with Gasteiger partial charge in [0.2, 0.25) is 0 Å². The summed E-state index contributed by atoms with van der Waals surface area (Å²) in [7, 11) is -4.87. The van der Waals surface area contributed by atoms with Gasteiger partial charge < -0.3 is 19.0 Å². The summed E-state index contributed by atoms with van der Waals surface area (Å²) in [6, 6.07) is 13.4. The van der Waals surface area contributed by atoms with Crippen LogP contribution in [-0.2, 0) is 38.2 Å². The molecule has 2 heterocycles. The molecule has 3 rings (SSSR count). The number of benzene rings is 1. The van der Waals surface area contributed by atoms with Crippen molar-refractivity contribution in [3.8, 4) is 11.3 Å². The lowest BCUT2D eigenvalue weighted by Crippen LogP contribution is -2.38. The van der Waals surface area contributed by atoms with Crippen molar-refractivity contribution >= 4 is 31.9 Å². The van der Waals surface area contributed by atoms with Crippen LogP contribution in [0.5, 0.6) is 0 Å². The van der Waals surface area contributed by atoms with E-state index in [1.807, 2.05) is 12.1 Å². The smallest absolute Gasteiger partial charge is 0.293 e. The lowest BCUT2D eigenvalue weighted by molar-refractivity contribution is -0.712. The Morgan fingerprint density at radius 1 is 1.24 bits per heavy atom. The molecule has 0 saturated carbocycles. The molecule has 3 N–H and O–H groups in total. The topological polar surface area (TPSA) is 152 Å². The van der Waals surface area contributed by atoms with E-state index in [1.54, 1.807) is 30.0 Å². The molecule has 33 heavy (non-hydrogen) atoms. The fraction of sp³-hybridized carbons (Fsp3) is 0.286. The number of ether oxygens (including phenoxy) is 1. The van der Waals surface area contributed by atoms with Gasteiger partial charge in [-0.1, -0.05) is 29.4 Å². The lowest BCUT2D eigenvalue weighted by atomic mass is 10.1. The minimum Gasteiger partial charge on any atom is -0.756 e. The standard InChI is InChI=1S/C21H24N3O7PS/c22-21-19(2-1-8-24(21)14-30-32(26,27)28)20-13-18(23-31-20)12-17-5-3-16(4-6-17)7-10-33-11-9-29-15-25/h1-6,8,13,15,22H,7,9-12,14H2,(H2,26,27,28). The van der Waals surface area contributed by atoms with Gasteiger partial charge in [0.25, 0.3) is 20.1 Å². The number of hydrogen-bond acceptors (Lipinski definition) is 9. The molecule has 1 aromatic carbocycles. The summed E-state index contributed by atoms with van der Waals surface area (Å²) in [6.45, 7) is 0.431. The van der Waals surface area contributed by atoms with E-state index in [-0.39, 0.29) is 5.82 Å². The number of thioether (sulfide) groups is 1. The number of pyridine rings is 1. The van der Waals surface area contributed by atoms with Gasteiger partial charge in [-0.05, 0) is 35.4 Å². The highest BCUT2D eigenvalue weighted by molar-refractivity contribution is 7.99. The molecule has 0 saturated heterocycles. The van der Waals surface area contributed by atoms with Gasteiger partial charge in [0.15, 0.2) is 12.5 Å². The second-order valence-electron chi connectivity index (χ2n) is 7.01. The molecule has 0 aliphatic rings. The lowest BCUT2D eigenvalue weighted by Gasteiger charge is -2.14. The van der Waals surface area contributed by atoms with Crippen molar-refractivity contribution in [1.29, 1.82) is 0 Å². The molecule has 0 radical (unpaired) electrons. The van der Waals surface area contributed by atoms with Crippen LogP contribution in [0, 0.1) is 0 Å². The first-order valence-corrected chi connectivity index (χ1v) is 12.6. The number of nitrogens with zero attached hydrogens (tertiary/aromatic N) is 2. The first-order chi connectivity index (χ1) is 15.9. The third-order valence-electron chi connectivity index (χ3n) is 4.66. The van der Waals surface area contributed by atoms with Crippen LogP contribution < -0.4 is 15.2 Å². The van der Waals surface area contributed by atoms with Gasteiger partial charge in [0, 0.05) is 18.2 Å². The normalized spacial score (nSPS) is 12.9. The molecule has 3 aromatic rings. The molecular weight excluding hydrogens is 469 g/mol. The third-order valence-corrected chi connectivity index (χ3v) is 6.05. The maximum atomic E-state index is 10.8. The third kappa shape index (κ3) is 7.99. The number of aryl methyl sites for hydroxylation is 1. The first kappa shape index (κ1) is 24.9. The van der Waals surface area contributed by atoms with Crippen molar-refractivity contribution in [2.24, 2.45) is 0 Å². The number of nitrogen functional groups attached to an aromatic ring is 1. The minimum atomic E-state index is -4.87. The highest BCUT2D eigenvalue weighted by atomic mass is 32.2. The van der Waals surface area contributed by atoms with Gasteiger partial charge in [-0.25, -0.2) is 4.57 Å². The number of carbonyl (C=O) groups is 1. The van der Waals surface area contributed by atoms with Crippen LogP contribution in [0.4, 0.5) is 5.82 Å². The Morgan fingerprint density at radius 2 is 2.00 bits per heavy atom. The quantitative estimate of drug-likeness (QED) is 0.156. The van der Waals surface area contributed by atoms with Gasteiger partial charge in [0.05, 0.1) is 11.9 Å². The minimum absolute atomic E-state index is 0.202. The predicted molar refractivity (Wildman–Crippen MR) is 120 cm³/mol. The number of aromatic nitrogens is 2. The summed E-state index contributed by atoms with van der Waals surface area (Å²) in [5.74, 6) is 2.36. The zero-order valence-corrected chi connectivity index (χ0v) is 19.4. The molecular formula is C21H24N3O7PS. The number of anilines is 1. The number of phosphoric ester groups is 1. The largest absolute Gasteiger partial charge is 0.756 e. The van der Waals surface area contributed by atoms with Crippen LogP contribution in [0.1, 0.15) is 16.8 Å². The highest BCUT2D eigenvalue weighted by Gasteiger charge is 2.18. The van der Waals surface area contributed by atoms with E-state index in [2.05, 4.69) is 26.6 Å². The van der Waals surface area contributed by atoms with E-state index in [9.17, 15) is 14.3 Å². The number of hydrogen-bond donors (Lipinski definition) is 2. The summed E-state index contributed by atoms with van der Waals surface area (Å²) in [5.41, 5.74) is 9.62. The number of nitrogens with two attached hydrogens (primary N) is 1. The van der Waals surface area contributed by atoms with Crippen molar-refractivity contribution in [2.75, 3.05) is 23.8 Å². The van der Waals surface area contributed by atoms with Gasteiger partial charge in [-0.3, -0.25) is 19.6 Å². The van der Waals surface area contributed by atoms with Crippen LogP contribution in [0.15, 0.2) is 53.2 Å². The Morgan fingerprint density at radius 3 is 2.73 bits per heavy atom. The van der Waals surface area contributed by atoms with E-state index < -0.39 is 14.6 Å². The van der Waals surface area contributed by atoms with Gasteiger partial charge in [-0.15, -0.1) is 0 Å². The summed E-state index contributed by atoms with van der Waals surface area (Å²) in [5, 5.41) is 4.11. The van der Waals surface area contributed by atoms with Crippen molar-refractivity contribution in [2.45, 2.75) is 19.6 Å². The molecule has 1 atom stereocenters. The number of rotatable bonds is 13. The summed E-state index contributed by atoms with van der Waals surface area (Å²) in [6.07, 6.45) is 3.02. The van der Waals surface area contributed by atoms with Gasteiger partial charge >= 0.3 is 0 Å². The Kier molecular flexibility index (Phi) is 9.04. The Hall–Kier alpha value is -2.69. The number of carbonyl (C=O) groups excluding carboxylic acids is 1. The van der Waals surface area contributed by atoms with E-state index >= 15 is 0 Å². The van der Waals surface area contributed by atoms with Crippen molar-refractivity contribution in [1.82, 2.24) is 5.16 Å². The molecule has 0 fully saturated rings. The Bertz CT molecular complexity index is 1100. The van der Waals surface area contributed by atoms with Gasteiger partial charge in [0.1, 0.15) is 12.2 Å². The van der Waals surface area contributed by atoms with Crippen LogP contribution in [0.2, 0.25) is 0 Å². The highest BCUT2D eigenvalue weighted by Crippen LogP contribution is 2.30. The Balaban J connectivity index is 1.58. The zero-order chi connectivity index (χ0) is 23.7. The van der Waals surface area contributed by atoms with Crippen LogP contribution in [0.25, 0.3) is 11.3 Å². The molecule has 0 bridgehead atoms. The Labute approximate surface area is 194 Å². The molecule has 0 amide bonds. The van der Waals surface area contributed by atoms with Gasteiger partial charge in [-0.2, -0.15) is 11.8 Å². The van der Waals surface area contributed by atoms with E-state index in [0.29, 0.717) is 36.5 Å². The SMILES string of the molecule is Nc1c(-c2cc(Cc3ccc(CCSCCOC=O)cc3)no2)ccc[n+]1COP(=O)([O-])O. The van der Waals surface area contributed by atoms with Crippen LogP contribution in [0.3, 0.4) is 0 Å². The van der Waals surface area contributed by atoms with Crippen LogP contribution in [-0.4, -0.2) is 34.6 Å². The molecule has 176 valence electrons. The number of phosphoric acid groups is 1. The van der Waals surface area contributed by atoms with E-state index in [0.717, 1.165) is 23.5 Å². The molecule has 0 spiro atoms. The maximum absolute atomic E-state index is 10.8. The predicted octanol–water partition coefficient (Wildman–Crippen LogP) is 1.69. The summed E-state index contributed by atoms with van der Waals surface area (Å²) < 4.78 is 26.7. The van der Waals surface area contributed by atoms with E-state index in [4.69, 9.17) is 15.2 Å². The molecule has 1 unspecified atom stereocenters. The van der Waals surface area contributed by atoms with Crippen molar-refractivity contribution in [3.63, 3.8) is 0 Å².